The summed E-state index contributed by atoms with van der Waals surface area (Å²) in [5.41, 5.74) is 1.18. The van der Waals surface area contributed by atoms with Gasteiger partial charge in [0.15, 0.2) is 0 Å². The topological polar surface area (TPSA) is 62.6 Å². The molecule has 2 aromatic rings. The molecular formula is C17H19N5O2. The van der Waals surface area contributed by atoms with E-state index in [9.17, 15) is 4.79 Å². The van der Waals surface area contributed by atoms with Crippen LogP contribution in [0.4, 0.5) is 5.69 Å². The standard InChI is InChI=1S/C17H19N5O2/c23-17(18-14-4-2-1-3-5-14)15-12-20-13-22(7-6-16(20)19-15)21-8-10-24-11-9-21/h1-7,12H,8-11,13H2,(H,18,23). The molecule has 124 valence electrons. The Kier molecular flexibility index (Phi) is 4.02. The predicted octanol–water partition coefficient (Wildman–Crippen LogP) is 1.63. The highest BCUT2D eigenvalue weighted by molar-refractivity contribution is 6.02. The third-order valence-electron chi connectivity index (χ3n) is 4.12. The number of para-hydroxylation sites is 1. The van der Waals surface area contributed by atoms with Gasteiger partial charge in [0.05, 0.1) is 13.2 Å². The molecule has 3 heterocycles. The predicted molar refractivity (Wildman–Crippen MR) is 89.9 cm³/mol. The molecule has 7 heteroatoms. The number of aromatic nitrogens is 2. The molecule has 1 amide bonds. The Morgan fingerprint density at radius 1 is 1.17 bits per heavy atom. The van der Waals surface area contributed by atoms with Crippen LogP contribution in [0.1, 0.15) is 16.3 Å². The normalized spacial score (nSPS) is 17.6. The second-order valence-corrected chi connectivity index (χ2v) is 5.74. The van der Waals surface area contributed by atoms with Crippen LogP contribution in [-0.2, 0) is 11.4 Å². The average Bonchev–Trinajstić information content (AvgIpc) is 3.07. The van der Waals surface area contributed by atoms with E-state index in [0.717, 1.165) is 37.8 Å². The number of carbonyl (C=O) groups is 1. The fourth-order valence-corrected chi connectivity index (χ4v) is 2.85. The summed E-state index contributed by atoms with van der Waals surface area (Å²) in [6.07, 6.45) is 5.73. The molecule has 1 N–H and O–H groups in total. The molecule has 2 aliphatic heterocycles. The van der Waals surface area contributed by atoms with Crippen molar-refractivity contribution in [3.8, 4) is 0 Å². The van der Waals surface area contributed by atoms with Crippen molar-refractivity contribution in [2.24, 2.45) is 0 Å². The first-order chi connectivity index (χ1) is 11.8. The highest BCUT2D eigenvalue weighted by Crippen LogP contribution is 2.17. The minimum atomic E-state index is -0.200. The number of nitrogens with one attached hydrogen (secondary N) is 1. The van der Waals surface area contributed by atoms with Gasteiger partial charge in [0, 0.05) is 31.2 Å². The number of amides is 1. The molecule has 0 atom stereocenters. The van der Waals surface area contributed by atoms with Gasteiger partial charge in [-0.1, -0.05) is 18.2 Å². The van der Waals surface area contributed by atoms with Gasteiger partial charge in [-0.3, -0.25) is 9.80 Å². The van der Waals surface area contributed by atoms with Crippen molar-refractivity contribution in [2.75, 3.05) is 31.6 Å². The number of fused-ring (bicyclic) bond motifs is 1. The van der Waals surface area contributed by atoms with Crippen LogP contribution in [0, 0.1) is 0 Å². The Morgan fingerprint density at radius 3 is 2.75 bits per heavy atom. The largest absolute Gasteiger partial charge is 0.379 e. The highest BCUT2D eigenvalue weighted by Gasteiger charge is 2.21. The van der Waals surface area contributed by atoms with E-state index in [1.54, 1.807) is 6.20 Å². The maximum absolute atomic E-state index is 12.4. The van der Waals surface area contributed by atoms with E-state index >= 15 is 0 Å². The molecule has 1 saturated heterocycles. The molecule has 24 heavy (non-hydrogen) atoms. The molecule has 0 radical (unpaired) electrons. The molecule has 0 saturated carbocycles. The maximum Gasteiger partial charge on any atom is 0.275 e. The fraction of sp³-hybridized carbons (Fsp3) is 0.294. The van der Waals surface area contributed by atoms with Gasteiger partial charge >= 0.3 is 0 Å². The molecule has 7 nitrogen and oxygen atoms in total. The first-order valence-electron chi connectivity index (χ1n) is 8.00. The number of hydrogen-bond donors (Lipinski definition) is 1. The van der Waals surface area contributed by atoms with E-state index in [1.165, 1.54) is 0 Å². The molecule has 0 unspecified atom stereocenters. The summed E-state index contributed by atoms with van der Waals surface area (Å²) in [4.78, 5) is 16.8. The minimum Gasteiger partial charge on any atom is -0.379 e. The summed E-state index contributed by atoms with van der Waals surface area (Å²) >= 11 is 0. The van der Waals surface area contributed by atoms with Gasteiger partial charge in [0.1, 0.15) is 18.2 Å². The Hall–Kier alpha value is -2.64. The van der Waals surface area contributed by atoms with Crippen LogP contribution >= 0.6 is 0 Å². The highest BCUT2D eigenvalue weighted by atomic mass is 16.5. The van der Waals surface area contributed by atoms with E-state index in [-0.39, 0.29) is 5.91 Å². The molecule has 0 spiro atoms. The Balaban J connectivity index is 1.46. The fourth-order valence-electron chi connectivity index (χ4n) is 2.85. The van der Waals surface area contributed by atoms with Gasteiger partial charge in [-0.25, -0.2) is 9.99 Å². The summed E-state index contributed by atoms with van der Waals surface area (Å²) in [7, 11) is 0. The summed E-state index contributed by atoms with van der Waals surface area (Å²) < 4.78 is 7.37. The molecule has 1 aromatic heterocycles. The van der Waals surface area contributed by atoms with Crippen molar-refractivity contribution in [3.63, 3.8) is 0 Å². The second-order valence-electron chi connectivity index (χ2n) is 5.74. The zero-order chi connectivity index (χ0) is 16.4. The summed E-state index contributed by atoms with van der Waals surface area (Å²) in [5.74, 6) is 0.590. The molecule has 1 fully saturated rings. The quantitative estimate of drug-likeness (QED) is 0.929. The lowest BCUT2D eigenvalue weighted by molar-refractivity contribution is -0.0780. The molecular weight excluding hydrogens is 306 g/mol. The Bertz CT molecular complexity index is 750. The smallest absolute Gasteiger partial charge is 0.275 e. The van der Waals surface area contributed by atoms with E-state index in [4.69, 9.17) is 4.74 Å². The van der Waals surface area contributed by atoms with Crippen molar-refractivity contribution in [3.05, 3.63) is 54.2 Å². The zero-order valence-electron chi connectivity index (χ0n) is 13.3. The number of nitrogens with zero attached hydrogens (tertiary/aromatic N) is 4. The molecule has 2 aliphatic rings. The van der Waals surface area contributed by atoms with Gasteiger partial charge in [-0.05, 0) is 18.2 Å². The van der Waals surface area contributed by atoms with E-state index in [0.29, 0.717) is 12.4 Å². The van der Waals surface area contributed by atoms with Crippen LogP contribution in [-0.4, -0.2) is 51.8 Å². The summed E-state index contributed by atoms with van der Waals surface area (Å²) in [5, 5.41) is 7.24. The van der Waals surface area contributed by atoms with Crippen LogP contribution in [0.2, 0.25) is 0 Å². The Labute approximate surface area is 140 Å². The van der Waals surface area contributed by atoms with Gasteiger partial charge < -0.3 is 14.6 Å². The number of hydrogen-bond acceptors (Lipinski definition) is 5. The van der Waals surface area contributed by atoms with Crippen LogP contribution in [0.5, 0.6) is 0 Å². The summed E-state index contributed by atoms with van der Waals surface area (Å²) in [6, 6.07) is 9.39. The van der Waals surface area contributed by atoms with Crippen molar-refractivity contribution in [1.29, 1.82) is 0 Å². The van der Waals surface area contributed by atoms with Crippen LogP contribution in [0.25, 0.3) is 6.08 Å². The van der Waals surface area contributed by atoms with Gasteiger partial charge in [-0.2, -0.15) is 0 Å². The lowest BCUT2D eigenvalue weighted by Crippen LogP contribution is -2.47. The van der Waals surface area contributed by atoms with Crippen LogP contribution in [0.15, 0.2) is 42.7 Å². The maximum atomic E-state index is 12.4. The van der Waals surface area contributed by atoms with Crippen molar-refractivity contribution < 1.29 is 9.53 Å². The van der Waals surface area contributed by atoms with Gasteiger partial charge in [0.2, 0.25) is 0 Å². The third-order valence-corrected chi connectivity index (χ3v) is 4.12. The lowest BCUT2D eigenvalue weighted by atomic mass is 10.3. The molecule has 1 aromatic carbocycles. The second kappa shape index (κ2) is 6.46. The number of anilines is 1. The number of carbonyl (C=O) groups excluding carboxylic acids is 1. The number of rotatable bonds is 3. The number of ether oxygens (including phenoxy) is 1. The SMILES string of the molecule is O=C(Nc1ccccc1)c1cn2c(n1)C=CN(N1CCOCC1)C2. The molecule has 0 bridgehead atoms. The number of benzene rings is 1. The number of hydrazine groups is 1. The third kappa shape index (κ3) is 3.04. The van der Waals surface area contributed by atoms with Crippen molar-refractivity contribution in [1.82, 2.24) is 19.6 Å². The first-order valence-corrected chi connectivity index (χ1v) is 8.00. The monoisotopic (exact) mass is 325 g/mol. The molecule has 0 aliphatic carbocycles. The average molecular weight is 325 g/mol. The summed E-state index contributed by atoms with van der Waals surface area (Å²) in [6.45, 7) is 3.88. The Morgan fingerprint density at radius 2 is 1.96 bits per heavy atom. The molecule has 4 rings (SSSR count). The number of morpholine rings is 1. The lowest BCUT2D eigenvalue weighted by Gasteiger charge is -2.38. The van der Waals surface area contributed by atoms with Gasteiger partial charge in [-0.15, -0.1) is 0 Å². The van der Waals surface area contributed by atoms with Crippen molar-refractivity contribution in [2.45, 2.75) is 6.67 Å². The van der Waals surface area contributed by atoms with Gasteiger partial charge in [0.25, 0.3) is 5.91 Å². The number of imidazole rings is 1. The van der Waals surface area contributed by atoms with Crippen LogP contribution < -0.4 is 5.32 Å². The zero-order valence-corrected chi connectivity index (χ0v) is 13.3. The van der Waals surface area contributed by atoms with E-state index < -0.39 is 0 Å². The minimum absolute atomic E-state index is 0.200. The van der Waals surface area contributed by atoms with E-state index in [1.807, 2.05) is 47.2 Å². The van der Waals surface area contributed by atoms with Crippen LogP contribution in [0.3, 0.4) is 0 Å². The van der Waals surface area contributed by atoms with Crippen molar-refractivity contribution >= 4 is 17.7 Å². The van der Waals surface area contributed by atoms with E-state index in [2.05, 4.69) is 20.3 Å². The first kappa shape index (κ1) is 14.9.